The molecule has 0 aromatic heterocycles. The van der Waals surface area contributed by atoms with Crippen LogP contribution in [0.3, 0.4) is 0 Å². The molecule has 1 heteroatoms. The van der Waals surface area contributed by atoms with E-state index in [0.29, 0.717) is 0 Å². The summed E-state index contributed by atoms with van der Waals surface area (Å²) in [5, 5.41) is 0. The Labute approximate surface area is 81.8 Å². The molecule has 0 spiro atoms. The molecule has 1 saturated carbocycles. The van der Waals surface area contributed by atoms with E-state index in [-0.39, 0.29) is 0 Å². The van der Waals surface area contributed by atoms with Crippen molar-refractivity contribution >= 4 is 12.6 Å². The van der Waals surface area contributed by atoms with E-state index in [2.05, 4.69) is 33.1 Å². The first-order valence-electron chi connectivity index (χ1n) is 4.99. The van der Waals surface area contributed by atoms with Crippen LogP contribution in [0, 0.1) is 17.8 Å². The van der Waals surface area contributed by atoms with E-state index in [1.165, 1.54) is 24.8 Å². The van der Waals surface area contributed by atoms with Crippen LogP contribution in [0.1, 0.15) is 33.1 Å². The van der Waals surface area contributed by atoms with Gasteiger partial charge < -0.3 is 0 Å². The van der Waals surface area contributed by atoms with Crippen molar-refractivity contribution in [2.45, 2.75) is 33.1 Å². The maximum atomic E-state index is 4.43. The van der Waals surface area contributed by atoms with Gasteiger partial charge in [-0.25, -0.2) is 0 Å². The molecule has 0 radical (unpaired) electrons. The van der Waals surface area contributed by atoms with Crippen LogP contribution in [0.5, 0.6) is 0 Å². The predicted octanol–water partition coefficient (Wildman–Crippen LogP) is 3.54. The Morgan fingerprint density at radius 1 is 1.58 bits per heavy atom. The van der Waals surface area contributed by atoms with Crippen molar-refractivity contribution in [1.29, 1.82) is 0 Å². The lowest BCUT2D eigenvalue weighted by Crippen LogP contribution is -2.15. The molecule has 0 aromatic carbocycles. The Morgan fingerprint density at radius 2 is 2.25 bits per heavy atom. The van der Waals surface area contributed by atoms with Gasteiger partial charge in [-0.3, -0.25) is 0 Å². The number of allylic oxidation sites excluding steroid dienone is 1. The van der Waals surface area contributed by atoms with Gasteiger partial charge in [-0.15, -0.1) is 0 Å². The van der Waals surface area contributed by atoms with Crippen molar-refractivity contribution in [3.8, 4) is 0 Å². The summed E-state index contributed by atoms with van der Waals surface area (Å²) >= 11 is 4.43. The lowest BCUT2D eigenvalue weighted by Gasteiger charge is -2.20. The Kier molecular flexibility index (Phi) is 3.70. The smallest absolute Gasteiger partial charge is 0.00611 e. The molecule has 0 saturated heterocycles. The van der Waals surface area contributed by atoms with E-state index in [4.69, 9.17) is 0 Å². The van der Waals surface area contributed by atoms with E-state index in [1.54, 1.807) is 0 Å². The highest BCUT2D eigenvalue weighted by molar-refractivity contribution is 7.80. The van der Waals surface area contributed by atoms with Crippen LogP contribution in [-0.4, -0.2) is 5.75 Å². The van der Waals surface area contributed by atoms with Crippen molar-refractivity contribution in [3.05, 3.63) is 12.2 Å². The zero-order valence-corrected chi connectivity index (χ0v) is 9.11. The summed E-state index contributed by atoms with van der Waals surface area (Å²) in [4.78, 5) is 0. The molecule has 0 heterocycles. The standard InChI is InChI=1S/C11H20S/c1-4-5-10-8(2)6-9(3)11(10)7-12/h9-12H,2,4-7H2,1,3H3. The minimum Gasteiger partial charge on any atom is -0.179 e. The van der Waals surface area contributed by atoms with Gasteiger partial charge in [0.05, 0.1) is 0 Å². The third-order valence-corrected chi connectivity index (χ3v) is 3.59. The molecule has 0 amide bonds. The minimum atomic E-state index is 0.766. The molecule has 1 rings (SSSR count). The molecule has 1 fully saturated rings. The SMILES string of the molecule is C=C1CC(C)C(CS)C1CCC. The summed E-state index contributed by atoms with van der Waals surface area (Å²) in [6.07, 6.45) is 3.82. The Hall–Kier alpha value is 0.0900. The minimum absolute atomic E-state index is 0.766. The molecule has 0 nitrogen and oxygen atoms in total. The van der Waals surface area contributed by atoms with Crippen LogP contribution in [0.4, 0.5) is 0 Å². The molecular weight excluding hydrogens is 164 g/mol. The van der Waals surface area contributed by atoms with Gasteiger partial charge in [0, 0.05) is 0 Å². The van der Waals surface area contributed by atoms with Crippen molar-refractivity contribution in [1.82, 2.24) is 0 Å². The van der Waals surface area contributed by atoms with Gasteiger partial charge in [-0.05, 0) is 36.3 Å². The average Bonchev–Trinajstić information content (AvgIpc) is 2.28. The molecule has 3 atom stereocenters. The fourth-order valence-corrected chi connectivity index (χ4v) is 3.07. The van der Waals surface area contributed by atoms with E-state index < -0.39 is 0 Å². The maximum absolute atomic E-state index is 4.43. The maximum Gasteiger partial charge on any atom is -0.00611 e. The Morgan fingerprint density at radius 3 is 2.75 bits per heavy atom. The van der Waals surface area contributed by atoms with Crippen LogP contribution in [0.15, 0.2) is 12.2 Å². The number of hydrogen-bond acceptors (Lipinski definition) is 1. The summed E-state index contributed by atoms with van der Waals surface area (Å²) in [6.45, 7) is 8.76. The summed E-state index contributed by atoms with van der Waals surface area (Å²) in [7, 11) is 0. The molecule has 70 valence electrons. The first kappa shape index (κ1) is 10.2. The molecule has 0 N–H and O–H groups in total. The second-order valence-electron chi connectivity index (χ2n) is 4.08. The van der Waals surface area contributed by atoms with Crippen molar-refractivity contribution in [2.24, 2.45) is 17.8 Å². The van der Waals surface area contributed by atoms with Gasteiger partial charge in [-0.2, -0.15) is 12.6 Å². The van der Waals surface area contributed by atoms with Crippen LogP contribution in [-0.2, 0) is 0 Å². The van der Waals surface area contributed by atoms with Crippen LogP contribution >= 0.6 is 12.6 Å². The molecule has 3 unspecified atom stereocenters. The molecule has 1 aliphatic rings. The van der Waals surface area contributed by atoms with Crippen LogP contribution < -0.4 is 0 Å². The first-order chi connectivity index (χ1) is 5.70. The molecular formula is C11H20S. The Balaban J connectivity index is 2.61. The zero-order chi connectivity index (χ0) is 9.14. The van der Waals surface area contributed by atoms with Gasteiger partial charge in [-0.1, -0.05) is 32.4 Å². The van der Waals surface area contributed by atoms with Crippen LogP contribution in [0.2, 0.25) is 0 Å². The average molecular weight is 184 g/mol. The van der Waals surface area contributed by atoms with Crippen molar-refractivity contribution < 1.29 is 0 Å². The molecule has 0 aromatic rings. The van der Waals surface area contributed by atoms with Crippen LogP contribution in [0.25, 0.3) is 0 Å². The van der Waals surface area contributed by atoms with E-state index in [0.717, 1.165) is 23.5 Å². The van der Waals surface area contributed by atoms with Gasteiger partial charge in [0.1, 0.15) is 0 Å². The van der Waals surface area contributed by atoms with E-state index in [9.17, 15) is 0 Å². The summed E-state index contributed by atoms with van der Waals surface area (Å²) in [5.74, 6) is 3.40. The Bertz CT molecular complexity index is 162. The second-order valence-corrected chi connectivity index (χ2v) is 4.45. The van der Waals surface area contributed by atoms with Gasteiger partial charge >= 0.3 is 0 Å². The number of thiol groups is 1. The third-order valence-electron chi connectivity index (χ3n) is 3.17. The summed E-state index contributed by atoms with van der Waals surface area (Å²) < 4.78 is 0. The highest BCUT2D eigenvalue weighted by Crippen LogP contribution is 2.42. The van der Waals surface area contributed by atoms with Gasteiger partial charge in [0.15, 0.2) is 0 Å². The summed E-state index contributed by atoms with van der Waals surface area (Å²) in [6, 6.07) is 0. The monoisotopic (exact) mass is 184 g/mol. The lowest BCUT2D eigenvalue weighted by atomic mass is 9.88. The van der Waals surface area contributed by atoms with Crippen molar-refractivity contribution in [2.75, 3.05) is 5.75 Å². The summed E-state index contributed by atoms with van der Waals surface area (Å²) in [5.41, 5.74) is 1.48. The zero-order valence-electron chi connectivity index (χ0n) is 8.21. The fraction of sp³-hybridized carbons (Fsp3) is 0.818. The van der Waals surface area contributed by atoms with Gasteiger partial charge in [0.2, 0.25) is 0 Å². The first-order valence-corrected chi connectivity index (χ1v) is 5.62. The van der Waals surface area contributed by atoms with Crippen molar-refractivity contribution in [3.63, 3.8) is 0 Å². The molecule has 0 bridgehead atoms. The predicted molar refractivity (Wildman–Crippen MR) is 58.7 cm³/mol. The van der Waals surface area contributed by atoms with E-state index >= 15 is 0 Å². The van der Waals surface area contributed by atoms with E-state index in [1.807, 2.05) is 0 Å². The number of hydrogen-bond donors (Lipinski definition) is 1. The van der Waals surface area contributed by atoms with Gasteiger partial charge in [0.25, 0.3) is 0 Å². The molecule has 1 aliphatic carbocycles. The third kappa shape index (κ3) is 1.87. The highest BCUT2D eigenvalue weighted by atomic mass is 32.1. The topological polar surface area (TPSA) is 0 Å². The second kappa shape index (κ2) is 4.36. The normalized spacial score (nSPS) is 35.9. The fourth-order valence-electron chi connectivity index (χ4n) is 2.45. The lowest BCUT2D eigenvalue weighted by molar-refractivity contribution is 0.361. The molecule has 12 heavy (non-hydrogen) atoms. The molecule has 0 aliphatic heterocycles. The quantitative estimate of drug-likeness (QED) is 0.503. The largest absolute Gasteiger partial charge is 0.179 e. The highest BCUT2D eigenvalue weighted by Gasteiger charge is 2.33. The number of rotatable bonds is 3.